The van der Waals surface area contributed by atoms with E-state index in [4.69, 9.17) is 4.43 Å². The van der Waals surface area contributed by atoms with Crippen molar-refractivity contribution in [2.75, 3.05) is 6.61 Å². The molecule has 0 N–H and O–H groups in total. The second-order valence-corrected chi connectivity index (χ2v) is 8.77. The highest BCUT2D eigenvalue weighted by molar-refractivity contribution is 7.80. The van der Waals surface area contributed by atoms with Crippen LogP contribution in [-0.4, -0.2) is 20.2 Å². The van der Waals surface area contributed by atoms with Crippen LogP contribution in [0.15, 0.2) is 0 Å². The van der Waals surface area contributed by atoms with Gasteiger partial charge in [0.2, 0.25) is 0 Å². The van der Waals surface area contributed by atoms with Crippen molar-refractivity contribution >= 4 is 20.9 Å². The quantitative estimate of drug-likeness (QED) is 0.520. The maximum Gasteiger partial charge on any atom is 0.186 e. The minimum atomic E-state index is -1.31. The van der Waals surface area contributed by atoms with Crippen LogP contribution >= 0.6 is 12.6 Å². The first-order valence-electron chi connectivity index (χ1n) is 4.30. The Balaban J connectivity index is 3.54. The predicted molar refractivity (Wildman–Crippen MR) is 57.0 cm³/mol. The largest absolute Gasteiger partial charge is 0.418 e. The first-order chi connectivity index (χ1) is 4.98. The zero-order chi connectivity index (χ0) is 8.91. The van der Waals surface area contributed by atoms with Crippen molar-refractivity contribution in [3.63, 3.8) is 0 Å². The van der Waals surface area contributed by atoms with Crippen molar-refractivity contribution < 1.29 is 4.43 Å². The van der Waals surface area contributed by atoms with Gasteiger partial charge in [-0.05, 0) is 37.7 Å². The molecule has 0 amide bonds. The number of rotatable bonds is 5. The average molecular weight is 192 g/mol. The van der Waals surface area contributed by atoms with E-state index < -0.39 is 8.32 Å². The molecule has 0 aromatic rings. The first kappa shape index (κ1) is 11.5. The third-order valence-corrected chi connectivity index (χ3v) is 4.52. The fourth-order valence-electron chi connectivity index (χ4n) is 1.02. The van der Waals surface area contributed by atoms with Gasteiger partial charge in [-0.15, -0.1) is 0 Å². The maximum absolute atomic E-state index is 5.68. The van der Waals surface area contributed by atoms with Crippen molar-refractivity contribution in [1.29, 1.82) is 0 Å². The van der Waals surface area contributed by atoms with Crippen molar-refractivity contribution in [2.24, 2.45) is 0 Å². The summed E-state index contributed by atoms with van der Waals surface area (Å²) in [5.74, 6) is 0. The van der Waals surface area contributed by atoms with Crippen molar-refractivity contribution in [1.82, 2.24) is 0 Å². The zero-order valence-corrected chi connectivity index (χ0v) is 9.95. The van der Waals surface area contributed by atoms with Crippen LogP contribution in [0.5, 0.6) is 0 Å². The topological polar surface area (TPSA) is 9.23 Å². The highest BCUT2D eigenvalue weighted by Crippen LogP contribution is 2.16. The Labute approximate surface area is 77.1 Å². The molecule has 68 valence electrons. The fourth-order valence-corrected chi connectivity index (χ4v) is 3.45. The van der Waals surface area contributed by atoms with E-state index >= 15 is 0 Å². The highest BCUT2D eigenvalue weighted by atomic mass is 32.1. The summed E-state index contributed by atoms with van der Waals surface area (Å²) in [4.78, 5) is 0. The lowest BCUT2D eigenvalue weighted by Crippen LogP contribution is -2.30. The Kier molecular flexibility index (Phi) is 5.47. The summed E-state index contributed by atoms with van der Waals surface area (Å²) in [5.41, 5.74) is 0. The molecule has 0 aromatic heterocycles. The Morgan fingerprint density at radius 2 is 2.00 bits per heavy atom. The summed E-state index contributed by atoms with van der Waals surface area (Å²) in [6, 6.07) is 1.23. The molecule has 1 nitrogen and oxygen atoms in total. The minimum absolute atomic E-state index is 0.516. The molecule has 0 aliphatic carbocycles. The van der Waals surface area contributed by atoms with E-state index in [9.17, 15) is 0 Å². The summed E-state index contributed by atoms with van der Waals surface area (Å²) < 4.78 is 5.68. The molecule has 0 rings (SSSR count). The number of hydrogen-bond acceptors (Lipinski definition) is 2. The molecule has 0 aliphatic rings. The van der Waals surface area contributed by atoms with Crippen LogP contribution in [0.1, 0.15) is 20.3 Å². The molecular weight excluding hydrogens is 172 g/mol. The van der Waals surface area contributed by atoms with E-state index in [0.29, 0.717) is 5.25 Å². The molecule has 3 heteroatoms. The van der Waals surface area contributed by atoms with Crippen LogP contribution in [0.3, 0.4) is 0 Å². The second kappa shape index (κ2) is 5.22. The first-order valence-corrected chi connectivity index (χ1v) is 7.93. The normalized spacial score (nSPS) is 15.0. The van der Waals surface area contributed by atoms with Gasteiger partial charge in [0.05, 0.1) is 0 Å². The van der Waals surface area contributed by atoms with Gasteiger partial charge in [-0.25, -0.2) is 0 Å². The van der Waals surface area contributed by atoms with E-state index in [0.717, 1.165) is 6.61 Å². The predicted octanol–water partition coefficient (Wildman–Crippen LogP) is 2.94. The van der Waals surface area contributed by atoms with Crippen LogP contribution in [0.2, 0.25) is 19.1 Å². The number of hydrogen-bond donors (Lipinski definition) is 1. The van der Waals surface area contributed by atoms with E-state index in [1.165, 1.54) is 12.5 Å². The van der Waals surface area contributed by atoms with Crippen LogP contribution in [0, 0.1) is 0 Å². The summed E-state index contributed by atoms with van der Waals surface area (Å²) in [5, 5.41) is 0.516. The Bertz CT molecular complexity index is 104. The van der Waals surface area contributed by atoms with E-state index in [-0.39, 0.29) is 0 Å². The van der Waals surface area contributed by atoms with Crippen LogP contribution < -0.4 is 0 Å². The smallest absolute Gasteiger partial charge is 0.186 e. The standard InChI is InChI=1S/C8H20OSSi/c1-5-9-11(3,4)7-6-8(2)10/h8,10H,5-7H2,1-4H3. The summed E-state index contributed by atoms with van der Waals surface area (Å²) >= 11 is 4.34. The lowest BCUT2D eigenvalue weighted by atomic mass is 10.4. The molecule has 0 bridgehead atoms. The third kappa shape index (κ3) is 6.91. The maximum atomic E-state index is 5.68. The number of thiol groups is 1. The van der Waals surface area contributed by atoms with Crippen LogP contribution in [-0.2, 0) is 4.43 Å². The van der Waals surface area contributed by atoms with E-state index in [1.54, 1.807) is 0 Å². The van der Waals surface area contributed by atoms with Gasteiger partial charge in [-0.2, -0.15) is 12.6 Å². The minimum Gasteiger partial charge on any atom is -0.418 e. The third-order valence-electron chi connectivity index (χ3n) is 1.70. The van der Waals surface area contributed by atoms with Gasteiger partial charge in [0, 0.05) is 6.61 Å². The zero-order valence-electron chi connectivity index (χ0n) is 8.05. The molecular formula is C8H20OSSi. The lowest BCUT2D eigenvalue weighted by Gasteiger charge is -2.22. The van der Waals surface area contributed by atoms with Gasteiger partial charge in [0.15, 0.2) is 8.32 Å². The highest BCUT2D eigenvalue weighted by Gasteiger charge is 2.21. The summed E-state index contributed by atoms with van der Waals surface area (Å²) in [6.07, 6.45) is 1.18. The molecule has 1 unspecified atom stereocenters. The van der Waals surface area contributed by atoms with Crippen molar-refractivity contribution in [3.05, 3.63) is 0 Å². The van der Waals surface area contributed by atoms with Gasteiger partial charge >= 0.3 is 0 Å². The Morgan fingerprint density at radius 3 is 2.36 bits per heavy atom. The van der Waals surface area contributed by atoms with Crippen molar-refractivity contribution in [3.8, 4) is 0 Å². The van der Waals surface area contributed by atoms with Gasteiger partial charge in [0.1, 0.15) is 0 Å². The molecule has 0 radical (unpaired) electrons. The molecule has 0 saturated heterocycles. The molecule has 0 fully saturated rings. The molecule has 0 heterocycles. The second-order valence-electron chi connectivity index (χ2n) is 3.58. The molecule has 11 heavy (non-hydrogen) atoms. The van der Waals surface area contributed by atoms with Gasteiger partial charge in [0.25, 0.3) is 0 Å². The van der Waals surface area contributed by atoms with Gasteiger partial charge in [-0.3, -0.25) is 0 Å². The summed E-state index contributed by atoms with van der Waals surface area (Å²) in [7, 11) is -1.31. The average Bonchev–Trinajstić information content (AvgIpc) is 1.84. The monoisotopic (exact) mass is 192 g/mol. The Hall–Kier alpha value is 0.527. The molecule has 0 saturated carbocycles. The molecule has 0 aromatic carbocycles. The fraction of sp³-hybridized carbons (Fsp3) is 1.00. The van der Waals surface area contributed by atoms with Crippen LogP contribution in [0.25, 0.3) is 0 Å². The van der Waals surface area contributed by atoms with Gasteiger partial charge < -0.3 is 4.43 Å². The van der Waals surface area contributed by atoms with E-state index in [2.05, 4.69) is 39.6 Å². The van der Waals surface area contributed by atoms with Gasteiger partial charge in [-0.1, -0.05) is 6.92 Å². The lowest BCUT2D eigenvalue weighted by molar-refractivity contribution is 0.328. The van der Waals surface area contributed by atoms with Crippen LogP contribution in [0.4, 0.5) is 0 Å². The van der Waals surface area contributed by atoms with E-state index in [1.807, 2.05) is 0 Å². The molecule has 0 spiro atoms. The Morgan fingerprint density at radius 1 is 1.45 bits per heavy atom. The SMILES string of the molecule is CCO[Si](C)(C)CCC(C)S. The molecule has 1 atom stereocenters. The van der Waals surface area contributed by atoms with Crippen molar-refractivity contribution in [2.45, 2.75) is 44.7 Å². The summed E-state index contributed by atoms with van der Waals surface area (Å²) in [6.45, 7) is 9.61. The molecule has 0 aliphatic heterocycles.